The molecular weight excluding hydrogens is 412 g/mol. The van der Waals surface area contributed by atoms with Crippen molar-refractivity contribution in [3.63, 3.8) is 0 Å². The molecular formula is C19H26N4O6S. The fourth-order valence-corrected chi connectivity index (χ4v) is 3.86. The second-order valence-corrected chi connectivity index (χ2v) is 9.02. The van der Waals surface area contributed by atoms with Crippen molar-refractivity contribution < 1.29 is 26.9 Å². The van der Waals surface area contributed by atoms with Crippen LogP contribution in [0.3, 0.4) is 0 Å². The second-order valence-electron chi connectivity index (χ2n) is 7.38. The summed E-state index contributed by atoms with van der Waals surface area (Å²) in [7, 11) is -0.541. The molecule has 0 radical (unpaired) electrons. The van der Waals surface area contributed by atoms with E-state index in [2.05, 4.69) is 15.3 Å². The lowest BCUT2D eigenvalue weighted by atomic mass is 9.89. The van der Waals surface area contributed by atoms with Gasteiger partial charge in [0.2, 0.25) is 0 Å². The molecule has 1 saturated heterocycles. The van der Waals surface area contributed by atoms with Crippen LogP contribution in [0.4, 0.5) is 0 Å². The van der Waals surface area contributed by atoms with E-state index in [1.165, 1.54) is 11.8 Å². The maximum atomic E-state index is 11.6. The normalized spacial score (nSPS) is 19.6. The Kier molecular flexibility index (Phi) is 6.84. The number of pyridine rings is 1. The van der Waals surface area contributed by atoms with Crippen molar-refractivity contribution >= 4 is 16.1 Å². The molecule has 3 rings (SSSR count). The minimum Gasteiger partial charge on any atom is -0.469 e. The highest BCUT2D eigenvalue weighted by Gasteiger charge is 2.28. The highest BCUT2D eigenvalue weighted by Crippen LogP contribution is 2.35. The van der Waals surface area contributed by atoms with Gasteiger partial charge in [0.05, 0.1) is 30.9 Å². The molecule has 0 saturated carbocycles. The summed E-state index contributed by atoms with van der Waals surface area (Å²) < 4.78 is 39.8. The summed E-state index contributed by atoms with van der Waals surface area (Å²) in [5.41, 5.74) is 3.26. The van der Waals surface area contributed by atoms with Gasteiger partial charge in [-0.15, -0.1) is 5.10 Å². The number of hydrogen-bond acceptors (Lipinski definition) is 9. The topological polar surface area (TPSA) is 123 Å². The molecule has 164 valence electrons. The Balaban J connectivity index is 1.80. The zero-order valence-corrected chi connectivity index (χ0v) is 18.3. The van der Waals surface area contributed by atoms with Crippen molar-refractivity contribution in [2.24, 2.45) is 13.0 Å². The van der Waals surface area contributed by atoms with Gasteiger partial charge in [-0.3, -0.25) is 14.0 Å². The molecule has 30 heavy (non-hydrogen) atoms. The average Bonchev–Trinajstić information content (AvgIpc) is 3.06. The number of methoxy groups -OCH3 is 1. The third-order valence-corrected chi connectivity index (χ3v) is 5.69. The van der Waals surface area contributed by atoms with Crippen LogP contribution in [0.25, 0.3) is 11.4 Å². The Hall–Kier alpha value is -2.37. The molecule has 0 spiro atoms. The molecule has 0 amide bonds. The number of carbonyl (C=O) groups excluding carboxylic acids is 1. The lowest BCUT2D eigenvalue weighted by Crippen LogP contribution is -2.23. The zero-order valence-electron chi connectivity index (χ0n) is 17.5. The Morgan fingerprint density at radius 3 is 2.80 bits per heavy atom. The molecule has 0 aliphatic carbocycles. The highest BCUT2D eigenvalue weighted by molar-refractivity contribution is 7.85. The standard InChI is InChI=1S/C19H26N4O6S/c1-12-14(17-9-13(7-8-28-17)10-18(24)27-3)5-6-15(20-12)19-16(23(2)22-21-19)11-29-30(4,25)26/h5-6,13,17H,7-11H2,1-4H3. The van der Waals surface area contributed by atoms with Gasteiger partial charge in [-0.1, -0.05) is 11.3 Å². The van der Waals surface area contributed by atoms with E-state index in [1.807, 2.05) is 19.1 Å². The van der Waals surface area contributed by atoms with Crippen molar-refractivity contribution in [1.29, 1.82) is 0 Å². The molecule has 0 aromatic carbocycles. The number of hydrogen-bond donors (Lipinski definition) is 0. The molecule has 3 heterocycles. The largest absolute Gasteiger partial charge is 0.469 e. The minimum atomic E-state index is -3.60. The second kappa shape index (κ2) is 9.19. The SMILES string of the molecule is COC(=O)CC1CCOC(c2ccc(-c3nnn(C)c3COS(C)(=O)=O)nc2C)C1. The molecule has 0 N–H and O–H groups in total. The molecule has 1 aliphatic heterocycles. The maximum absolute atomic E-state index is 11.6. The number of ether oxygens (including phenoxy) is 2. The van der Waals surface area contributed by atoms with Crippen LogP contribution in [-0.2, 0) is 42.2 Å². The zero-order chi connectivity index (χ0) is 21.9. The molecule has 2 atom stereocenters. The predicted octanol–water partition coefficient (Wildman–Crippen LogP) is 1.69. The summed E-state index contributed by atoms with van der Waals surface area (Å²) in [5, 5.41) is 8.08. The van der Waals surface area contributed by atoms with Crippen LogP contribution in [0.5, 0.6) is 0 Å². The fraction of sp³-hybridized carbons (Fsp3) is 0.579. The van der Waals surface area contributed by atoms with Gasteiger partial charge in [-0.05, 0) is 31.7 Å². The van der Waals surface area contributed by atoms with Gasteiger partial charge in [0.25, 0.3) is 10.1 Å². The Morgan fingerprint density at radius 1 is 1.37 bits per heavy atom. The number of esters is 1. The van der Waals surface area contributed by atoms with E-state index in [1.54, 1.807) is 7.05 Å². The highest BCUT2D eigenvalue weighted by atomic mass is 32.2. The van der Waals surface area contributed by atoms with Crippen LogP contribution in [0, 0.1) is 12.8 Å². The van der Waals surface area contributed by atoms with Crippen molar-refractivity contribution in [3.05, 3.63) is 29.1 Å². The molecule has 1 fully saturated rings. The number of aromatic nitrogens is 4. The van der Waals surface area contributed by atoms with Crippen LogP contribution in [0.1, 0.15) is 42.3 Å². The van der Waals surface area contributed by atoms with Crippen molar-refractivity contribution in [1.82, 2.24) is 20.0 Å². The molecule has 0 bridgehead atoms. The average molecular weight is 439 g/mol. The van der Waals surface area contributed by atoms with Crippen LogP contribution >= 0.6 is 0 Å². The number of nitrogens with zero attached hydrogens (tertiary/aromatic N) is 4. The van der Waals surface area contributed by atoms with Gasteiger partial charge in [-0.2, -0.15) is 8.42 Å². The molecule has 11 heteroatoms. The van der Waals surface area contributed by atoms with E-state index in [9.17, 15) is 13.2 Å². The van der Waals surface area contributed by atoms with Crippen LogP contribution < -0.4 is 0 Å². The molecule has 2 aromatic heterocycles. The van der Waals surface area contributed by atoms with E-state index in [0.29, 0.717) is 30.1 Å². The maximum Gasteiger partial charge on any atom is 0.305 e. The molecule has 2 aromatic rings. The molecule has 2 unspecified atom stereocenters. The Bertz CT molecular complexity index is 1020. The van der Waals surface area contributed by atoms with E-state index in [0.717, 1.165) is 30.4 Å². The predicted molar refractivity (Wildman–Crippen MR) is 107 cm³/mol. The fourth-order valence-electron chi connectivity index (χ4n) is 3.53. The number of rotatable bonds is 7. The van der Waals surface area contributed by atoms with Gasteiger partial charge >= 0.3 is 5.97 Å². The lowest BCUT2D eigenvalue weighted by Gasteiger charge is -2.30. The quantitative estimate of drug-likeness (QED) is 0.469. The van der Waals surface area contributed by atoms with Crippen molar-refractivity contribution in [3.8, 4) is 11.4 Å². The smallest absolute Gasteiger partial charge is 0.305 e. The first-order valence-corrected chi connectivity index (χ1v) is 11.4. The summed E-state index contributed by atoms with van der Waals surface area (Å²) in [6, 6.07) is 3.74. The van der Waals surface area contributed by atoms with Gasteiger partial charge in [-0.25, -0.2) is 4.68 Å². The van der Waals surface area contributed by atoms with Gasteiger partial charge < -0.3 is 9.47 Å². The molecule has 10 nitrogen and oxygen atoms in total. The third kappa shape index (κ3) is 5.41. The van der Waals surface area contributed by atoms with Crippen LogP contribution in [-0.4, -0.2) is 54.3 Å². The summed E-state index contributed by atoms with van der Waals surface area (Å²) in [6.07, 6.45) is 2.76. The summed E-state index contributed by atoms with van der Waals surface area (Å²) in [4.78, 5) is 16.2. The Labute approximate surface area is 175 Å². The molecule has 1 aliphatic rings. The first kappa shape index (κ1) is 22.3. The van der Waals surface area contributed by atoms with Gasteiger partial charge in [0.1, 0.15) is 12.3 Å². The van der Waals surface area contributed by atoms with Crippen LogP contribution in [0.2, 0.25) is 0 Å². The number of aryl methyl sites for hydroxylation is 2. The van der Waals surface area contributed by atoms with Gasteiger partial charge in [0, 0.05) is 31.3 Å². The first-order valence-electron chi connectivity index (χ1n) is 9.57. The first-order chi connectivity index (χ1) is 14.2. The van der Waals surface area contributed by atoms with E-state index in [-0.39, 0.29) is 24.6 Å². The third-order valence-electron chi connectivity index (χ3n) is 5.14. The van der Waals surface area contributed by atoms with Crippen LogP contribution in [0.15, 0.2) is 12.1 Å². The monoisotopic (exact) mass is 438 g/mol. The lowest BCUT2D eigenvalue weighted by molar-refractivity contribution is -0.143. The summed E-state index contributed by atoms with van der Waals surface area (Å²) in [5.74, 6) is -0.00708. The van der Waals surface area contributed by atoms with Gasteiger partial charge in [0.15, 0.2) is 0 Å². The van der Waals surface area contributed by atoms with Crippen molar-refractivity contribution in [2.45, 2.75) is 38.9 Å². The summed E-state index contributed by atoms with van der Waals surface area (Å²) >= 11 is 0. The minimum absolute atomic E-state index is 0.148. The van der Waals surface area contributed by atoms with E-state index >= 15 is 0 Å². The van der Waals surface area contributed by atoms with E-state index in [4.69, 9.17) is 13.7 Å². The Morgan fingerprint density at radius 2 is 2.13 bits per heavy atom. The summed E-state index contributed by atoms with van der Waals surface area (Å²) in [6.45, 7) is 2.28. The number of carbonyl (C=O) groups is 1. The van der Waals surface area contributed by atoms with E-state index < -0.39 is 10.1 Å². The van der Waals surface area contributed by atoms with Crippen molar-refractivity contribution in [2.75, 3.05) is 20.0 Å².